The normalized spacial score (nSPS) is 12.2. The second kappa shape index (κ2) is 6.49. The molecule has 3 aromatic rings. The highest BCUT2D eigenvalue weighted by atomic mass is 35.5. The van der Waals surface area contributed by atoms with Crippen molar-refractivity contribution in [3.63, 3.8) is 0 Å². The molecule has 1 aromatic carbocycles. The van der Waals surface area contributed by atoms with Crippen LogP contribution in [0.2, 0.25) is 5.02 Å². The molecule has 0 aliphatic carbocycles. The number of hydrogen-bond donors (Lipinski definition) is 0. The minimum Gasteiger partial charge on any atom is -0.467 e. The van der Waals surface area contributed by atoms with Crippen molar-refractivity contribution in [2.75, 3.05) is 0 Å². The van der Waals surface area contributed by atoms with Crippen LogP contribution in [-0.4, -0.2) is 14.8 Å². The molecule has 0 bridgehead atoms. The summed E-state index contributed by atoms with van der Waals surface area (Å²) in [5.74, 6) is 0.647. The summed E-state index contributed by atoms with van der Waals surface area (Å²) in [5, 5.41) is 10.2. The van der Waals surface area contributed by atoms with Crippen molar-refractivity contribution in [2.24, 2.45) is 0 Å². The average Bonchev–Trinajstić information content (AvgIpc) is 3.03. The van der Waals surface area contributed by atoms with E-state index in [1.54, 1.807) is 43.5 Å². The van der Waals surface area contributed by atoms with Gasteiger partial charge < -0.3 is 4.42 Å². The van der Waals surface area contributed by atoms with E-state index in [0.717, 1.165) is 0 Å². The Labute approximate surface area is 141 Å². The number of fused-ring (bicyclic) bond motifs is 1. The number of aromatic nitrogens is 2. The minimum atomic E-state index is -0.332. The Bertz CT molecular complexity index is 944. The van der Waals surface area contributed by atoms with Gasteiger partial charge in [-0.1, -0.05) is 23.4 Å². The molecule has 2 heterocycles. The van der Waals surface area contributed by atoms with E-state index in [-0.39, 0.29) is 17.4 Å². The Balaban J connectivity index is 2.19. The van der Waals surface area contributed by atoms with E-state index in [2.05, 4.69) is 11.1 Å². The highest BCUT2D eigenvalue weighted by Gasteiger charge is 2.15. The minimum absolute atomic E-state index is 0.185. The van der Waals surface area contributed by atoms with Gasteiger partial charge in [0.05, 0.1) is 35.0 Å². The van der Waals surface area contributed by atoms with Gasteiger partial charge in [0.1, 0.15) is 5.76 Å². The van der Waals surface area contributed by atoms with Crippen LogP contribution in [-0.2, 0) is 6.54 Å². The summed E-state index contributed by atoms with van der Waals surface area (Å²) in [6.07, 6.45) is 1.55. The maximum atomic E-state index is 12.8. The summed E-state index contributed by atoms with van der Waals surface area (Å²) in [6, 6.07) is 10.7. The van der Waals surface area contributed by atoms with Crippen molar-refractivity contribution in [3.05, 3.63) is 57.7 Å². The average molecular weight is 346 g/mol. The van der Waals surface area contributed by atoms with E-state index in [0.29, 0.717) is 26.8 Å². The van der Waals surface area contributed by atoms with Crippen LogP contribution in [0.15, 0.2) is 51.0 Å². The highest BCUT2D eigenvalue weighted by molar-refractivity contribution is 8.00. The fourth-order valence-electron chi connectivity index (χ4n) is 2.15. The molecule has 2 aromatic heterocycles. The summed E-state index contributed by atoms with van der Waals surface area (Å²) in [6.45, 7) is 2.02. The van der Waals surface area contributed by atoms with E-state index in [9.17, 15) is 4.79 Å². The van der Waals surface area contributed by atoms with Crippen molar-refractivity contribution in [1.82, 2.24) is 9.55 Å². The number of rotatable bonds is 4. The smallest absolute Gasteiger partial charge is 0.262 e. The maximum absolute atomic E-state index is 12.8. The maximum Gasteiger partial charge on any atom is 0.262 e. The van der Waals surface area contributed by atoms with E-state index in [1.807, 2.05) is 0 Å². The lowest BCUT2D eigenvalue weighted by Crippen LogP contribution is -2.24. The predicted octanol–water partition coefficient (Wildman–Crippen LogP) is 3.70. The number of benzene rings is 1. The Hall–Kier alpha value is -2.23. The number of furan rings is 1. The van der Waals surface area contributed by atoms with Crippen molar-refractivity contribution in [1.29, 1.82) is 5.26 Å². The van der Waals surface area contributed by atoms with E-state index < -0.39 is 0 Å². The third-order valence-electron chi connectivity index (χ3n) is 3.24. The van der Waals surface area contributed by atoms with Gasteiger partial charge >= 0.3 is 0 Å². The number of thioether (sulfide) groups is 1. The van der Waals surface area contributed by atoms with Gasteiger partial charge in [0.15, 0.2) is 5.16 Å². The Kier molecular flexibility index (Phi) is 4.42. The van der Waals surface area contributed by atoms with Gasteiger partial charge in [-0.3, -0.25) is 9.36 Å². The molecule has 3 rings (SSSR count). The molecule has 0 saturated carbocycles. The first-order chi connectivity index (χ1) is 11.1. The lowest BCUT2D eigenvalue weighted by atomic mass is 10.2. The van der Waals surface area contributed by atoms with Crippen molar-refractivity contribution >= 4 is 34.3 Å². The van der Waals surface area contributed by atoms with Crippen molar-refractivity contribution in [2.45, 2.75) is 23.9 Å². The Morgan fingerprint density at radius 3 is 3.00 bits per heavy atom. The van der Waals surface area contributed by atoms with Crippen LogP contribution in [0.25, 0.3) is 10.9 Å². The summed E-state index contributed by atoms with van der Waals surface area (Å²) in [4.78, 5) is 17.3. The molecule has 116 valence electrons. The molecule has 7 heteroatoms. The molecule has 5 nitrogen and oxygen atoms in total. The monoisotopic (exact) mass is 345 g/mol. The fourth-order valence-corrected chi connectivity index (χ4v) is 3.11. The Morgan fingerprint density at radius 1 is 1.48 bits per heavy atom. The third-order valence-corrected chi connectivity index (χ3v) is 4.46. The van der Waals surface area contributed by atoms with Gasteiger partial charge in [-0.25, -0.2) is 4.98 Å². The van der Waals surface area contributed by atoms with Crippen LogP contribution in [0.5, 0.6) is 0 Å². The lowest BCUT2D eigenvalue weighted by molar-refractivity contribution is 0.476. The van der Waals surface area contributed by atoms with Gasteiger partial charge in [0.25, 0.3) is 5.56 Å². The Morgan fingerprint density at radius 2 is 2.30 bits per heavy atom. The first-order valence-electron chi connectivity index (χ1n) is 6.87. The van der Waals surface area contributed by atoms with Crippen molar-refractivity contribution in [3.8, 4) is 6.07 Å². The first kappa shape index (κ1) is 15.7. The van der Waals surface area contributed by atoms with Crippen LogP contribution in [0.4, 0.5) is 0 Å². The molecule has 0 radical (unpaired) electrons. The first-order valence-corrected chi connectivity index (χ1v) is 8.13. The number of halogens is 1. The molecule has 0 aliphatic rings. The molecule has 0 spiro atoms. The van der Waals surface area contributed by atoms with Gasteiger partial charge in [0, 0.05) is 5.02 Å². The molecular weight excluding hydrogens is 334 g/mol. The van der Waals surface area contributed by atoms with E-state index >= 15 is 0 Å². The second-order valence-corrected chi connectivity index (χ2v) is 6.66. The molecule has 0 fully saturated rings. The summed E-state index contributed by atoms with van der Waals surface area (Å²) in [5.41, 5.74) is 0.335. The number of nitriles is 1. The standard InChI is InChI=1S/C16H12ClN3O2S/c1-10(8-18)23-16-19-14-7-11(17)4-5-13(14)15(21)20(16)9-12-3-2-6-22-12/h2-7,10H,9H2,1H3/t10-/m0/s1. The van der Waals surface area contributed by atoms with Gasteiger partial charge in [-0.15, -0.1) is 0 Å². The predicted molar refractivity (Wildman–Crippen MR) is 89.8 cm³/mol. The zero-order chi connectivity index (χ0) is 16.4. The summed E-state index contributed by atoms with van der Waals surface area (Å²) < 4.78 is 6.85. The quantitative estimate of drug-likeness (QED) is 0.532. The van der Waals surface area contributed by atoms with E-state index in [4.69, 9.17) is 21.3 Å². The van der Waals surface area contributed by atoms with Gasteiger partial charge in [-0.2, -0.15) is 5.26 Å². The largest absolute Gasteiger partial charge is 0.467 e. The van der Waals surface area contributed by atoms with Gasteiger partial charge in [-0.05, 0) is 37.3 Å². The van der Waals surface area contributed by atoms with Crippen LogP contribution >= 0.6 is 23.4 Å². The van der Waals surface area contributed by atoms with Gasteiger partial charge in [0.2, 0.25) is 0 Å². The molecule has 0 aliphatic heterocycles. The fraction of sp³-hybridized carbons (Fsp3) is 0.188. The highest BCUT2D eigenvalue weighted by Crippen LogP contribution is 2.24. The molecule has 0 unspecified atom stereocenters. The van der Waals surface area contributed by atoms with Crippen molar-refractivity contribution < 1.29 is 4.42 Å². The zero-order valence-electron chi connectivity index (χ0n) is 12.2. The zero-order valence-corrected chi connectivity index (χ0v) is 13.8. The van der Waals surface area contributed by atoms with Crippen LogP contribution < -0.4 is 5.56 Å². The number of hydrogen-bond acceptors (Lipinski definition) is 5. The molecule has 0 N–H and O–H groups in total. The molecule has 0 saturated heterocycles. The van der Waals surface area contributed by atoms with Crippen LogP contribution in [0.1, 0.15) is 12.7 Å². The topological polar surface area (TPSA) is 71.8 Å². The lowest BCUT2D eigenvalue weighted by Gasteiger charge is -2.12. The number of nitrogens with zero attached hydrogens (tertiary/aromatic N) is 3. The molecule has 23 heavy (non-hydrogen) atoms. The second-order valence-electron chi connectivity index (χ2n) is 4.92. The van der Waals surface area contributed by atoms with E-state index in [1.165, 1.54) is 16.3 Å². The molecule has 1 atom stereocenters. The SMILES string of the molecule is C[C@@H](C#N)Sc1nc2cc(Cl)ccc2c(=O)n1Cc1ccco1. The molecule has 0 amide bonds. The molecular formula is C16H12ClN3O2S. The third kappa shape index (κ3) is 3.26. The van der Waals surface area contributed by atoms with Crippen LogP contribution in [0, 0.1) is 11.3 Å². The van der Waals surface area contributed by atoms with Crippen LogP contribution in [0.3, 0.4) is 0 Å². The summed E-state index contributed by atoms with van der Waals surface area (Å²) >= 11 is 7.22. The summed E-state index contributed by atoms with van der Waals surface area (Å²) in [7, 11) is 0.